The normalized spacial score (nSPS) is 10.4. The summed E-state index contributed by atoms with van der Waals surface area (Å²) in [6, 6.07) is 16.8. The van der Waals surface area contributed by atoms with E-state index >= 15 is 0 Å². The second-order valence-corrected chi connectivity index (χ2v) is 5.18. The van der Waals surface area contributed by atoms with Crippen molar-refractivity contribution in [1.29, 1.82) is 0 Å². The summed E-state index contributed by atoms with van der Waals surface area (Å²) < 4.78 is 24.4. The fourth-order valence-electron chi connectivity index (χ4n) is 2.32. The lowest BCUT2D eigenvalue weighted by atomic mass is 10.1. The number of benzene rings is 2. The van der Waals surface area contributed by atoms with Gasteiger partial charge in [0.2, 0.25) is 0 Å². The lowest BCUT2D eigenvalue weighted by Crippen LogP contribution is -2.22. The van der Waals surface area contributed by atoms with Crippen LogP contribution in [0.5, 0.6) is 5.75 Å². The van der Waals surface area contributed by atoms with Crippen LogP contribution in [0.15, 0.2) is 65.1 Å². The Morgan fingerprint density at radius 3 is 2.75 bits per heavy atom. The van der Waals surface area contributed by atoms with Crippen molar-refractivity contribution in [1.82, 2.24) is 5.32 Å². The number of carbonyl (C=O) groups excluding carboxylic acids is 1. The van der Waals surface area contributed by atoms with Crippen molar-refractivity contribution in [2.75, 3.05) is 7.11 Å². The third-order valence-corrected chi connectivity index (χ3v) is 3.56. The molecule has 3 rings (SSSR count). The second-order valence-electron chi connectivity index (χ2n) is 5.18. The first-order chi connectivity index (χ1) is 11.7. The molecule has 0 unspecified atom stereocenters. The van der Waals surface area contributed by atoms with Crippen LogP contribution in [0.2, 0.25) is 0 Å². The molecule has 0 spiro atoms. The molecule has 0 radical (unpaired) electrons. The fourth-order valence-corrected chi connectivity index (χ4v) is 2.32. The molecule has 0 bridgehead atoms. The van der Waals surface area contributed by atoms with Gasteiger partial charge in [-0.2, -0.15) is 0 Å². The highest BCUT2D eigenvalue weighted by molar-refractivity contribution is 5.92. The lowest BCUT2D eigenvalue weighted by Gasteiger charge is -2.05. The molecule has 1 amide bonds. The molecule has 0 aliphatic heterocycles. The number of amides is 1. The molecule has 0 saturated heterocycles. The number of methoxy groups -OCH3 is 1. The average Bonchev–Trinajstić information content (AvgIpc) is 3.10. The number of hydrogen-bond donors (Lipinski definition) is 1. The van der Waals surface area contributed by atoms with E-state index in [0.29, 0.717) is 17.9 Å². The molecule has 4 nitrogen and oxygen atoms in total. The highest BCUT2D eigenvalue weighted by Gasteiger charge is 2.14. The zero-order chi connectivity index (χ0) is 16.9. The summed E-state index contributed by atoms with van der Waals surface area (Å²) in [5.74, 6) is 0.424. The number of rotatable bonds is 5. The van der Waals surface area contributed by atoms with Crippen molar-refractivity contribution in [2.24, 2.45) is 0 Å². The molecule has 122 valence electrons. The zero-order valence-electron chi connectivity index (χ0n) is 13.1. The molecule has 0 aliphatic carbocycles. The van der Waals surface area contributed by atoms with Gasteiger partial charge in [0.05, 0.1) is 12.7 Å². The van der Waals surface area contributed by atoms with Crippen LogP contribution in [0.25, 0.3) is 11.3 Å². The minimum absolute atomic E-state index is 0.135. The standard InChI is InChI=1S/C19H16FNO3/c1-23-14-6-4-5-13(11-14)12-21-19(22)18-10-9-17(24-18)15-7-2-3-8-16(15)20/h2-11H,12H2,1H3,(H,21,22). The van der Waals surface area contributed by atoms with Crippen molar-refractivity contribution >= 4 is 5.91 Å². The molecule has 0 saturated carbocycles. The van der Waals surface area contributed by atoms with E-state index in [2.05, 4.69) is 5.32 Å². The van der Waals surface area contributed by atoms with E-state index < -0.39 is 5.82 Å². The first-order valence-electron chi connectivity index (χ1n) is 7.43. The number of halogens is 1. The summed E-state index contributed by atoms with van der Waals surface area (Å²) in [6.45, 7) is 0.339. The quantitative estimate of drug-likeness (QED) is 0.771. The fraction of sp³-hybridized carbons (Fsp3) is 0.105. The van der Waals surface area contributed by atoms with Crippen LogP contribution in [0.1, 0.15) is 16.1 Å². The molecule has 2 aromatic carbocycles. The van der Waals surface area contributed by atoms with Gasteiger partial charge in [0.15, 0.2) is 5.76 Å². The lowest BCUT2D eigenvalue weighted by molar-refractivity contribution is 0.0924. The Hall–Kier alpha value is -3.08. The minimum atomic E-state index is -0.393. The molecule has 1 heterocycles. The Labute approximate surface area is 138 Å². The maximum atomic E-state index is 13.8. The topological polar surface area (TPSA) is 51.5 Å². The summed E-state index contributed by atoms with van der Waals surface area (Å²) in [6.07, 6.45) is 0. The van der Waals surface area contributed by atoms with Crippen molar-refractivity contribution in [2.45, 2.75) is 6.54 Å². The van der Waals surface area contributed by atoms with E-state index in [1.165, 1.54) is 12.1 Å². The summed E-state index contributed by atoms with van der Waals surface area (Å²) in [7, 11) is 1.59. The maximum Gasteiger partial charge on any atom is 0.287 e. The van der Waals surface area contributed by atoms with Gasteiger partial charge in [0.1, 0.15) is 17.3 Å². The van der Waals surface area contributed by atoms with Crippen LogP contribution in [0.3, 0.4) is 0 Å². The van der Waals surface area contributed by atoms with E-state index in [1.807, 2.05) is 24.3 Å². The third-order valence-electron chi connectivity index (χ3n) is 3.56. The molecular weight excluding hydrogens is 309 g/mol. The number of ether oxygens (including phenoxy) is 1. The van der Waals surface area contributed by atoms with Crippen LogP contribution in [-0.4, -0.2) is 13.0 Å². The number of nitrogens with one attached hydrogen (secondary N) is 1. The Balaban J connectivity index is 1.69. The van der Waals surface area contributed by atoms with Crippen LogP contribution in [0.4, 0.5) is 4.39 Å². The molecule has 0 aliphatic rings. The summed E-state index contributed by atoms with van der Waals surface area (Å²) in [5, 5.41) is 2.76. The Morgan fingerprint density at radius 2 is 1.96 bits per heavy atom. The van der Waals surface area contributed by atoms with Gasteiger partial charge in [-0.15, -0.1) is 0 Å². The number of carbonyl (C=O) groups is 1. The predicted molar refractivity (Wildman–Crippen MR) is 88.3 cm³/mol. The predicted octanol–water partition coefficient (Wildman–Crippen LogP) is 4.02. The molecule has 5 heteroatoms. The SMILES string of the molecule is COc1cccc(CNC(=O)c2ccc(-c3ccccc3F)o2)c1. The first kappa shape index (κ1) is 15.8. The van der Waals surface area contributed by atoms with Crippen LogP contribution in [-0.2, 0) is 6.54 Å². The van der Waals surface area contributed by atoms with E-state index in [0.717, 1.165) is 11.3 Å². The molecule has 0 atom stereocenters. The van der Waals surface area contributed by atoms with Gasteiger partial charge in [0, 0.05) is 6.54 Å². The maximum absolute atomic E-state index is 13.8. The Morgan fingerprint density at radius 1 is 1.12 bits per heavy atom. The zero-order valence-corrected chi connectivity index (χ0v) is 13.1. The molecule has 24 heavy (non-hydrogen) atoms. The Bertz CT molecular complexity index is 857. The van der Waals surface area contributed by atoms with Gasteiger partial charge >= 0.3 is 0 Å². The summed E-state index contributed by atoms with van der Waals surface area (Å²) >= 11 is 0. The van der Waals surface area contributed by atoms with E-state index in [-0.39, 0.29) is 11.7 Å². The smallest absolute Gasteiger partial charge is 0.287 e. The highest BCUT2D eigenvalue weighted by atomic mass is 19.1. The molecule has 0 fully saturated rings. The van der Waals surface area contributed by atoms with Gasteiger partial charge in [-0.25, -0.2) is 4.39 Å². The van der Waals surface area contributed by atoms with Crippen LogP contribution in [0, 0.1) is 5.82 Å². The summed E-state index contributed by atoms with van der Waals surface area (Å²) in [5.41, 5.74) is 1.23. The second kappa shape index (κ2) is 7.00. The van der Waals surface area contributed by atoms with Gasteiger partial charge in [-0.3, -0.25) is 4.79 Å². The minimum Gasteiger partial charge on any atom is -0.497 e. The Kier molecular flexibility index (Phi) is 4.61. The van der Waals surface area contributed by atoms with Gasteiger partial charge in [-0.05, 0) is 42.0 Å². The molecular formula is C19H16FNO3. The number of furan rings is 1. The van der Waals surface area contributed by atoms with Crippen molar-refractivity contribution in [3.05, 3.63) is 77.8 Å². The van der Waals surface area contributed by atoms with Crippen molar-refractivity contribution in [3.63, 3.8) is 0 Å². The van der Waals surface area contributed by atoms with Crippen molar-refractivity contribution < 1.29 is 18.3 Å². The third kappa shape index (κ3) is 3.46. The molecule has 1 N–H and O–H groups in total. The first-order valence-corrected chi connectivity index (χ1v) is 7.43. The largest absolute Gasteiger partial charge is 0.497 e. The van der Waals surface area contributed by atoms with Crippen LogP contribution < -0.4 is 10.1 Å². The van der Waals surface area contributed by atoms with Gasteiger partial charge in [-0.1, -0.05) is 24.3 Å². The van der Waals surface area contributed by atoms with E-state index in [1.54, 1.807) is 31.4 Å². The van der Waals surface area contributed by atoms with E-state index in [4.69, 9.17) is 9.15 Å². The van der Waals surface area contributed by atoms with E-state index in [9.17, 15) is 9.18 Å². The summed E-state index contributed by atoms with van der Waals surface area (Å²) in [4.78, 5) is 12.2. The number of hydrogen-bond acceptors (Lipinski definition) is 3. The monoisotopic (exact) mass is 325 g/mol. The van der Waals surface area contributed by atoms with Crippen molar-refractivity contribution in [3.8, 4) is 17.1 Å². The van der Waals surface area contributed by atoms with Gasteiger partial charge < -0.3 is 14.5 Å². The highest BCUT2D eigenvalue weighted by Crippen LogP contribution is 2.24. The average molecular weight is 325 g/mol. The molecule has 1 aromatic heterocycles. The van der Waals surface area contributed by atoms with Crippen LogP contribution >= 0.6 is 0 Å². The molecule has 3 aromatic rings. The van der Waals surface area contributed by atoms with Gasteiger partial charge in [0.25, 0.3) is 5.91 Å².